The summed E-state index contributed by atoms with van der Waals surface area (Å²) in [6, 6.07) is 0. The summed E-state index contributed by atoms with van der Waals surface area (Å²) in [5.41, 5.74) is 0. The minimum atomic E-state index is -1.91. The van der Waals surface area contributed by atoms with E-state index in [1.54, 1.807) is 0 Å². The second-order valence-corrected chi connectivity index (χ2v) is 17.1. The van der Waals surface area contributed by atoms with E-state index in [1.165, 1.54) is 25.7 Å². The molecule has 4 rings (SSSR count). The number of rotatable bonds is 5. The fraction of sp³-hybridized carbons (Fsp3) is 0.926. The summed E-state index contributed by atoms with van der Waals surface area (Å²) in [7, 11) is -1.91. The Balaban J connectivity index is 1.58. The Morgan fingerprint density at radius 3 is 2.34 bits per heavy atom. The third-order valence-corrected chi connectivity index (χ3v) is 13.8. The smallest absolute Gasteiger partial charge is 0.193 e. The van der Waals surface area contributed by atoms with E-state index in [0.717, 1.165) is 25.7 Å². The topological polar surface area (TPSA) is 47.9 Å². The van der Waals surface area contributed by atoms with Crippen molar-refractivity contribution >= 4 is 8.32 Å². The van der Waals surface area contributed by atoms with Crippen LogP contribution in [-0.2, 0) is 13.9 Å². The highest BCUT2D eigenvalue weighted by atomic mass is 28.4. The fourth-order valence-corrected chi connectivity index (χ4v) is 7.84. The standard InChI is InChI=1S/C27H46O4Si/c1-7-10-21-25-20(23(28)15-14-22(25)27(21)29-17-18-30-27)13-16-24(19-11-8-9-12-19)31-32(5,6)26(2,3)4/h19-25,28H,7-12,14-15,17-18H2,1-6H3/t20-,21?,22-,23+,24-,25-/m1/s1. The van der Waals surface area contributed by atoms with Gasteiger partial charge in [0.25, 0.3) is 0 Å². The van der Waals surface area contributed by atoms with Gasteiger partial charge in [-0.05, 0) is 62.1 Å². The van der Waals surface area contributed by atoms with E-state index < -0.39 is 14.1 Å². The molecule has 1 N–H and O–H groups in total. The number of aliphatic hydroxyl groups excluding tert-OH is 1. The van der Waals surface area contributed by atoms with E-state index >= 15 is 0 Å². The van der Waals surface area contributed by atoms with Crippen molar-refractivity contribution in [3.05, 3.63) is 0 Å². The maximum absolute atomic E-state index is 11.0. The van der Waals surface area contributed by atoms with Gasteiger partial charge in [0.2, 0.25) is 0 Å². The van der Waals surface area contributed by atoms with Crippen LogP contribution in [0.2, 0.25) is 18.1 Å². The van der Waals surface area contributed by atoms with Crippen LogP contribution in [0.25, 0.3) is 0 Å². The lowest BCUT2D eigenvalue weighted by Crippen LogP contribution is -2.67. The van der Waals surface area contributed by atoms with Crippen molar-refractivity contribution in [3.8, 4) is 11.8 Å². The molecular formula is C27H46O4Si. The Kier molecular flexibility index (Phi) is 7.22. The molecule has 0 aromatic carbocycles. The zero-order chi connectivity index (χ0) is 23.1. The molecule has 1 aliphatic heterocycles. The first-order chi connectivity index (χ1) is 15.1. The van der Waals surface area contributed by atoms with Crippen molar-refractivity contribution in [3.63, 3.8) is 0 Å². The van der Waals surface area contributed by atoms with Crippen molar-refractivity contribution in [2.24, 2.45) is 29.6 Å². The molecule has 0 amide bonds. The Morgan fingerprint density at radius 2 is 1.75 bits per heavy atom. The summed E-state index contributed by atoms with van der Waals surface area (Å²) >= 11 is 0. The summed E-state index contributed by atoms with van der Waals surface area (Å²) in [5, 5.41) is 11.2. The molecule has 1 saturated heterocycles. The van der Waals surface area contributed by atoms with Crippen molar-refractivity contribution < 1.29 is 19.0 Å². The van der Waals surface area contributed by atoms with Crippen LogP contribution in [0.15, 0.2) is 0 Å². The van der Waals surface area contributed by atoms with E-state index in [9.17, 15) is 5.11 Å². The molecule has 182 valence electrons. The summed E-state index contributed by atoms with van der Waals surface area (Å²) in [6.07, 6.45) is 8.64. The van der Waals surface area contributed by atoms with E-state index in [2.05, 4.69) is 52.6 Å². The molecule has 1 heterocycles. The Bertz CT molecular complexity index is 705. The summed E-state index contributed by atoms with van der Waals surface area (Å²) in [5.74, 6) is 8.51. The van der Waals surface area contributed by atoms with Crippen LogP contribution in [0, 0.1) is 41.4 Å². The number of ether oxygens (including phenoxy) is 2. The lowest BCUT2D eigenvalue weighted by molar-refractivity contribution is -0.340. The van der Waals surface area contributed by atoms with Gasteiger partial charge in [-0.15, -0.1) is 0 Å². The van der Waals surface area contributed by atoms with E-state index in [4.69, 9.17) is 13.9 Å². The van der Waals surface area contributed by atoms with Gasteiger partial charge in [-0.25, -0.2) is 0 Å². The van der Waals surface area contributed by atoms with Gasteiger partial charge >= 0.3 is 0 Å². The van der Waals surface area contributed by atoms with Gasteiger partial charge < -0.3 is 19.0 Å². The lowest BCUT2D eigenvalue weighted by atomic mass is 9.49. The van der Waals surface area contributed by atoms with Crippen LogP contribution in [0.4, 0.5) is 0 Å². The molecule has 5 heteroatoms. The number of aliphatic hydroxyl groups is 1. The number of hydrogen-bond donors (Lipinski definition) is 1. The molecule has 0 radical (unpaired) electrons. The van der Waals surface area contributed by atoms with Gasteiger partial charge in [0.15, 0.2) is 14.1 Å². The summed E-state index contributed by atoms with van der Waals surface area (Å²) in [4.78, 5) is 0. The number of hydrogen-bond acceptors (Lipinski definition) is 4. The highest BCUT2D eigenvalue weighted by molar-refractivity contribution is 6.74. The average Bonchev–Trinajstić information content (AvgIpc) is 3.42. The Morgan fingerprint density at radius 1 is 1.09 bits per heavy atom. The molecule has 4 aliphatic rings. The third kappa shape index (κ3) is 4.36. The Labute approximate surface area is 197 Å². The van der Waals surface area contributed by atoms with E-state index in [-0.39, 0.29) is 23.2 Å². The lowest BCUT2D eigenvalue weighted by Gasteiger charge is -2.62. The van der Waals surface area contributed by atoms with Crippen molar-refractivity contribution in [2.45, 2.75) is 115 Å². The normalized spacial score (nSPS) is 35.8. The molecular weight excluding hydrogens is 416 g/mol. The molecule has 4 fully saturated rings. The van der Waals surface area contributed by atoms with E-state index in [0.29, 0.717) is 36.9 Å². The second-order valence-electron chi connectivity index (χ2n) is 12.3. The highest BCUT2D eigenvalue weighted by Crippen LogP contribution is 2.62. The third-order valence-electron chi connectivity index (χ3n) is 9.35. The van der Waals surface area contributed by atoms with Crippen LogP contribution in [-0.4, -0.2) is 44.6 Å². The van der Waals surface area contributed by atoms with Crippen LogP contribution < -0.4 is 0 Å². The molecule has 1 unspecified atom stereocenters. The molecule has 6 atom stereocenters. The van der Waals surface area contributed by atoms with Gasteiger partial charge in [0.05, 0.1) is 25.2 Å². The first-order valence-corrected chi connectivity index (χ1v) is 16.2. The largest absolute Gasteiger partial charge is 0.403 e. The van der Waals surface area contributed by atoms with Gasteiger partial charge in [-0.2, -0.15) is 0 Å². The van der Waals surface area contributed by atoms with E-state index in [1.807, 2.05) is 0 Å². The van der Waals surface area contributed by atoms with Crippen molar-refractivity contribution in [1.29, 1.82) is 0 Å². The SMILES string of the molecule is CCCC1[C@H]2[C@H](C#C[C@@H](O[Si](C)(C)C(C)(C)C)C3CCCC3)[C@@H](O)CC[C@H]2C12OCCO2. The van der Waals surface area contributed by atoms with Gasteiger partial charge in [0.1, 0.15) is 6.10 Å². The zero-order valence-electron chi connectivity index (χ0n) is 21.3. The monoisotopic (exact) mass is 462 g/mol. The summed E-state index contributed by atoms with van der Waals surface area (Å²) < 4.78 is 19.4. The zero-order valence-corrected chi connectivity index (χ0v) is 22.3. The van der Waals surface area contributed by atoms with Gasteiger partial charge in [-0.3, -0.25) is 0 Å². The first-order valence-electron chi connectivity index (χ1n) is 13.3. The van der Waals surface area contributed by atoms with Crippen LogP contribution in [0.5, 0.6) is 0 Å². The highest BCUT2D eigenvalue weighted by Gasteiger charge is 2.68. The summed E-state index contributed by atoms with van der Waals surface area (Å²) in [6.45, 7) is 15.2. The molecule has 32 heavy (non-hydrogen) atoms. The van der Waals surface area contributed by atoms with Gasteiger partial charge in [0, 0.05) is 11.8 Å². The fourth-order valence-electron chi connectivity index (χ4n) is 6.60. The van der Waals surface area contributed by atoms with Crippen molar-refractivity contribution in [1.82, 2.24) is 0 Å². The predicted octanol–water partition coefficient (Wildman–Crippen LogP) is 5.75. The molecule has 0 aromatic rings. The molecule has 0 bridgehead atoms. The molecule has 0 aromatic heterocycles. The minimum absolute atomic E-state index is 0.00334. The maximum atomic E-state index is 11.0. The average molecular weight is 463 g/mol. The maximum Gasteiger partial charge on any atom is 0.193 e. The van der Waals surface area contributed by atoms with Gasteiger partial charge in [-0.1, -0.05) is 58.8 Å². The second kappa shape index (κ2) is 9.34. The van der Waals surface area contributed by atoms with Crippen LogP contribution in [0.1, 0.15) is 79.1 Å². The number of fused-ring (bicyclic) bond motifs is 2. The molecule has 3 saturated carbocycles. The van der Waals surface area contributed by atoms with Crippen LogP contribution in [0.3, 0.4) is 0 Å². The Hall–Kier alpha value is -0.383. The molecule has 4 nitrogen and oxygen atoms in total. The molecule has 1 spiro atoms. The first kappa shape index (κ1) is 24.7. The quantitative estimate of drug-likeness (QED) is 0.418. The predicted molar refractivity (Wildman–Crippen MR) is 131 cm³/mol. The van der Waals surface area contributed by atoms with Crippen LogP contribution >= 0.6 is 0 Å². The molecule has 3 aliphatic carbocycles. The van der Waals surface area contributed by atoms with Crippen molar-refractivity contribution in [2.75, 3.05) is 13.2 Å². The minimum Gasteiger partial charge on any atom is -0.403 e.